The number of nitro groups is 1. The van der Waals surface area contributed by atoms with Crippen molar-refractivity contribution in [2.24, 2.45) is 0 Å². The van der Waals surface area contributed by atoms with Gasteiger partial charge in [0.1, 0.15) is 5.75 Å². The van der Waals surface area contributed by atoms with Crippen molar-refractivity contribution in [2.45, 2.75) is 19.8 Å². The lowest BCUT2D eigenvalue weighted by atomic mass is 10.0. The summed E-state index contributed by atoms with van der Waals surface area (Å²) in [6, 6.07) is 9.62. The smallest absolute Gasteiger partial charge is 0.270 e. The lowest BCUT2D eigenvalue weighted by Gasteiger charge is -2.08. The van der Waals surface area contributed by atoms with Crippen molar-refractivity contribution in [2.75, 3.05) is 12.4 Å². The molecule has 1 aromatic heterocycles. The summed E-state index contributed by atoms with van der Waals surface area (Å²) in [4.78, 5) is 39.2. The maximum atomic E-state index is 12.4. The molecule has 0 spiro atoms. The van der Waals surface area contributed by atoms with Crippen LogP contribution < -0.4 is 10.1 Å². The number of carbonyl (C=O) groups excluding carboxylic acids is 2. The number of nitro benzene ring substituents is 1. The van der Waals surface area contributed by atoms with Crippen LogP contribution >= 0.6 is 11.3 Å². The number of methoxy groups -OCH3 is 1. The SMILES string of the molecule is COc1ccc(C)cc1C(=O)CCC(=O)Nc1nc2ccc([N+](=O)[O-])cc2s1. The number of Topliss-reactive ketones (excluding diaryl/α,β-unsaturated/α-hetero) is 1. The van der Waals surface area contributed by atoms with Crippen LogP contribution in [0.4, 0.5) is 10.8 Å². The van der Waals surface area contributed by atoms with Gasteiger partial charge in [-0.25, -0.2) is 4.98 Å². The van der Waals surface area contributed by atoms with E-state index in [1.807, 2.05) is 13.0 Å². The number of amides is 1. The van der Waals surface area contributed by atoms with Gasteiger partial charge >= 0.3 is 0 Å². The Balaban J connectivity index is 1.64. The minimum atomic E-state index is -0.484. The number of hydrogen-bond acceptors (Lipinski definition) is 7. The van der Waals surface area contributed by atoms with E-state index in [9.17, 15) is 19.7 Å². The third kappa shape index (κ3) is 4.32. The molecule has 0 fully saturated rings. The fourth-order valence-electron chi connectivity index (χ4n) is 2.66. The molecule has 9 heteroatoms. The van der Waals surface area contributed by atoms with Crippen LogP contribution in [-0.4, -0.2) is 28.7 Å². The molecule has 1 amide bonds. The Bertz CT molecular complexity index is 1080. The van der Waals surface area contributed by atoms with Crippen LogP contribution in [0.25, 0.3) is 10.2 Å². The van der Waals surface area contributed by atoms with E-state index in [4.69, 9.17) is 4.74 Å². The molecule has 0 saturated carbocycles. The topological polar surface area (TPSA) is 111 Å². The summed E-state index contributed by atoms with van der Waals surface area (Å²) in [7, 11) is 1.49. The van der Waals surface area contributed by atoms with Gasteiger partial charge in [0.15, 0.2) is 10.9 Å². The Hall–Kier alpha value is -3.33. The average Bonchev–Trinajstić information content (AvgIpc) is 3.07. The van der Waals surface area contributed by atoms with Gasteiger partial charge in [-0.3, -0.25) is 19.7 Å². The normalized spacial score (nSPS) is 10.6. The van der Waals surface area contributed by atoms with Crippen LogP contribution in [0.1, 0.15) is 28.8 Å². The number of thiazole rings is 1. The third-order valence-corrected chi connectivity index (χ3v) is 5.00. The molecule has 0 radical (unpaired) electrons. The number of nitrogens with one attached hydrogen (secondary N) is 1. The number of anilines is 1. The molecule has 3 aromatic rings. The van der Waals surface area contributed by atoms with E-state index in [-0.39, 0.29) is 30.2 Å². The van der Waals surface area contributed by atoms with Crippen molar-refractivity contribution in [3.63, 3.8) is 0 Å². The number of benzene rings is 2. The Labute approximate surface area is 164 Å². The first-order valence-electron chi connectivity index (χ1n) is 8.40. The third-order valence-electron chi connectivity index (χ3n) is 4.06. The standard InChI is InChI=1S/C19H17N3O5S/c1-11-3-7-16(27-2)13(9-11)15(23)6-8-18(24)21-19-20-14-5-4-12(22(25)26)10-17(14)28-19/h3-5,7,9-10H,6,8H2,1-2H3,(H,20,21,24). The van der Waals surface area contributed by atoms with Crippen molar-refractivity contribution in [1.82, 2.24) is 4.98 Å². The van der Waals surface area contributed by atoms with Crippen molar-refractivity contribution in [3.05, 3.63) is 57.6 Å². The van der Waals surface area contributed by atoms with Gasteiger partial charge < -0.3 is 10.1 Å². The van der Waals surface area contributed by atoms with Crippen LogP contribution in [0.5, 0.6) is 5.75 Å². The summed E-state index contributed by atoms with van der Waals surface area (Å²) in [5.74, 6) is -0.0621. The second-order valence-electron chi connectivity index (χ2n) is 6.10. The summed E-state index contributed by atoms with van der Waals surface area (Å²) in [5.41, 5.74) is 1.90. The zero-order valence-electron chi connectivity index (χ0n) is 15.2. The van der Waals surface area contributed by atoms with E-state index in [2.05, 4.69) is 10.3 Å². The highest BCUT2D eigenvalue weighted by atomic mass is 32.1. The molecular formula is C19H17N3O5S. The van der Waals surface area contributed by atoms with E-state index < -0.39 is 4.92 Å². The number of ether oxygens (including phenoxy) is 1. The number of aryl methyl sites for hydroxylation is 1. The number of fused-ring (bicyclic) bond motifs is 1. The van der Waals surface area contributed by atoms with Crippen molar-refractivity contribution in [3.8, 4) is 5.75 Å². The number of carbonyl (C=O) groups is 2. The predicted molar refractivity (Wildman–Crippen MR) is 106 cm³/mol. The fourth-order valence-corrected chi connectivity index (χ4v) is 3.58. The molecule has 3 rings (SSSR count). The van der Waals surface area contributed by atoms with Crippen molar-refractivity contribution < 1.29 is 19.2 Å². The summed E-state index contributed by atoms with van der Waals surface area (Å²) in [6.45, 7) is 1.88. The van der Waals surface area contributed by atoms with E-state index >= 15 is 0 Å². The second kappa shape index (κ2) is 8.13. The maximum absolute atomic E-state index is 12.4. The average molecular weight is 399 g/mol. The molecule has 0 saturated heterocycles. The summed E-state index contributed by atoms with van der Waals surface area (Å²) < 4.78 is 5.81. The lowest BCUT2D eigenvalue weighted by Crippen LogP contribution is -2.13. The van der Waals surface area contributed by atoms with E-state index in [0.29, 0.717) is 26.7 Å². The van der Waals surface area contributed by atoms with Crippen LogP contribution in [0.15, 0.2) is 36.4 Å². The summed E-state index contributed by atoms with van der Waals surface area (Å²) in [6.07, 6.45) is 0.0218. The van der Waals surface area contributed by atoms with Crippen LogP contribution in [-0.2, 0) is 4.79 Å². The molecule has 1 heterocycles. The molecule has 0 bridgehead atoms. The summed E-state index contributed by atoms with van der Waals surface area (Å²) in [5, 5.41) is 13.8. The van der Waals surface area contributed by atoms with E-state index in [1.54, 1.807) is 12.1 Å². The predicted octanol–water partition coefficient (Wildman–Crippen LogP) is 4.12. The first-order valence-corrected chi connectivity index (χ1v) is 9.21. The molecular weight excluding hydrogens is 382 g/mol. The number of nitrogens with zero attached hydrogens (tertiary/aromatic N) is 2. The van der Waals surface area contributed by atoms with Gasteiger partial charge in [-0.05, 0) is 25.1 Å². The monoisotopic (exact) mass is 399 g/mol. The highest BCUT2D eigenvalue weighted by Gasteiger charge is 2.16. The molecule has 0 unspecified atom stereocenters. The Morgan fingerprint density at radius 1 is 1.21 bits per heavy atom. The van der Waals surface area contributed by atoms with Gasteiger partial charge in [-0.1, -0.05) is 23.0 Å². The maximum Gasteiger partial charge on any atom is 0.270 e. The fraction of sp³-hybridized carbons (Fsp3) is 0.211. The largest absolute Gasteiger partial charge is 0.496 e. The van der Waals surface area contributed by atoms with Crippen molar-refractivity contribution >= 4 is 44.1 Å². The van der Waals surface area contributed by atoms with Gasteiger partial charge in [0.2, 0.25) is 5.91 Å². The summed E-state index contributed by atoms with van der Waals surface area (Å²) >= 11 is 1.14. The minimum Gasteiger partial charge on any atom is -0.496 e. The highest BCUT2D eigenvalue weighted by Crippen LogP contribution is 2.29. The first kappa shape index (κ1) is 19.4. The first-order chi connectivity index (χ1) is 13.4. The van der Waals surface area contributed by atoms with E-state index in [0.717, 1.165) is 16.9 Å². The quantitative estimate of drug-likeness (QED) is 0.363. The lowest BCUT2D eigenvalue weighted by molar-refractivity contribution is -0.384. The van der Waals surface area contributed by atoms with Gasteiger partial charge in [0.05, 0.1) is 27.8 Å². The van der Waals surface area contributed by atoms with Crippen molar-refractivity contribution in [1.29, 1.82) is 0 Å². The van der Waals surface area contributed by atoms with Crippen LogP contribution in [0.3, 0.4) is 0 Å². The molecule has 28 heavy (non-hydrogen) atoms. The zero-order chi connectivity index (χ0) is 20.3. The molecule has 0 aliphatic heterocycles. The zero-order valence-corrected chi connectivity index (χ0v) is 16.0. The molecule has 0 atom stereocenters. The molecule has 8 nitrogen and oxygen atoms in total. The van der Waals surface area contributed by atoms with Gasteiger partial charge in [0.25, 0.3) is 5.69 Å². The number of rotatable bonds is 7. The molecule has 1 N–H and O–H groups in total. The Kier molecular flexibility index (Phi) is 5.65. The van der Waals surface area contributed by atoms with Gasteiger partial charge in [-0.2, -0.15) is 0 Å². The Morgan fingerprint density at radius 2 is 2.00 bits per heavy atom. The Morgan fingerprint density at radius 3 is 2.71 bits per heavy atom. The minimum absolute atomic E-state index is 0.00793. The number of ketones is 1. The van der Waals surface area contributed by atoms with E-state index in [1.165, 1.54) is 25.3 Å². The molecule has 0 aliphatic rings. The number of non-ortho nitro benzene ring substituents is 1. The number of hydrogen-bond donors (Lipinski definition) is 1. The van der Waals surface area contributed by atoms with Gasteiger partial charge in [0, 0.05) is 25.0 Å². The molecule has 0 aliphatic carbocycles. The molecule has 144 valence electrons. The van der Waals surface area contributed by atoms with Gasteiger partial charge in [-0.15, -0.1) is 0 Å². The molecule has 2 aromatic carbocycles. The van der Waals surface area contributed by atoms with Crippen LogP contribution in [0, 0.1) is 17.0 Å². The van der Waals surface area contributed by atoms with Crippen LogP contribution in [0.2, 0.25) is 0 Å². The second-order valence-corrected chi connectivity index (χ2v) is 7.13. The number of aromatic nitrogens is 1. The highest BCUT2D eigenvalue weighted by molar-refractivity contribution is 7.22.